The summed E-state index contributed by atoms with van der Waals surface area (Å²) in [4.78, 5) is 30.3. The Morgan fingerprint density at radius 2 is 1.96 bits per heavy atom. The Hall–Kier alpha value is -3.16. The number of carbonyl (C=O) groups is 1. The number of benzene rings is 1. The standard InChI is InChI=1S/C17H18N4O4/c1-19(2)13-7-8-18-16(9-13)17(22)20-10-15(11-20)25-14-5-3-12(4-6-14)21(23)24/h3-9,15H,10-11H2,1-2H3. The van der Waals surface area contributed by atoms with Crippen LogP contribution in [0.4, 0.5) is 11.4 Å². The van der Waals surface area contributed by atoms with Gasteiger partial charge in [0, 0.05) is 38.1 Å². The molecule has 0 spiro atoms. The van der Waals surface area contributed by atoms with Crippen molar-refractivity contribution >= 4 is 17.3 Å². The summed E-state index contributed by atoms with van der Waals surface area (Å²) >= 11 is 0. The molecule has 0 saturated carbocycles. The van der Waals surface area contributed by atoms with E-state index in [9.17, 15) is 14.9 Å². The van der Waals surface area contributed by atoms with E-state index in [1.165, 1.54) is 12.1 Å². The minimum atomic E-state index is -0.456. The van der Waals surface area contributed by atoms with Gasteiger partial charge in [0.05, 0.1) is 18.0 Å². The summed E-state index contributed by atoms with van der Waals surface area (Å²) in [5, 5.41) is 10.6. The molecule has 2 heterocycles. The van der Waals surface area contributed by atoms with Crippen molar-refractivity contribution in [1.82, 2.24) is 9.88 Å². The van der Waals surface area contributed by atoms with Crippen LogP contribution >= 0.6 is 0 Å². The number of carbonyl (C=O) groups excluding carboxylic acids is 1. The van der Waals surface area contributed by atoms with E-state index in [1.54, 1.807) is 29.3 Å². The normalized spacial score (nSPS) is 13.9. The molecule has 1 aliphatic rings. The second-order valence-corrected chi connectivity index (χ2v) is 5.99. The molecule has 8 heteroatoms. The summed E-state index contributed by atoms with van der Waals surface area (Å²) in [6.07, 6.45) is 1.50. The number of anilines is 1. The number of ether oxygens (including phenoxy) is 1. The van der Waals surface area contributed by atoms with Crippen molar-refractivity contribution in [3.05, 3.63) is 58.4 Å². The molecule has 0 radical (unpaired) electrons. The number of hydrogen-bond acceptors (Lipinski definition) is 6. The number of non-ortho nitro benzene ring substituents is 1. The lowest BCUT2D eigenvalue weighted by atomic mass is 10.1. The van der Waals surface area contributed by atoms with Crippen LogP contribution in [0.3, 0.4) is 0 Å². The Labute approximate surface area is 144 Å². The number of hydrogen-bond donors (Lipinski definition) is 0. The van der Waals surface area contributed by atoms with E-state index in [-0.39, 0.29) is 17.7 Å². The van der Waals surface area contributed by atoms with E-state index in [0.29, 0.717) is 24.5 Å². The smallest absolute Gasteiger partial charge is 0.272 e. The lowest BCUT2D eigenvalue weighted by molar-refractivity contribution is -0.384. The SMILES string of the molecule is CN(C)c1ccnc(C(=O)N2CC(Oc3ccc([N+](=O)[O-])cc3)C2)c1. The zero-order valence-corrected chi connectivity index (χ0v) is 14.0. The number of rotatable bonds is 5. The van der Waals surface area contributed by atoms with Gasteiger partial charge in [-0.2, -0.15) is 0 Å². The van der Waals surface area contributed by atoms with Crippen molar-refractivity contribution in [2.45, 2.75) is 6.10 Å². The van der Waals surface area contributed by atoms with Crippen LogP contribution in [0.1, 0.15) is 10.5 Å². The van der Waals surface area contributed by atoms with Crippen molar-refractivity contribution in [2.24, 2.45) is 0 Å². The summed E-state index contributed by atoms with van der Waals surface area (Å²) in [6, 6.07) is 9.51. The van der Waals surface area contributed by atoms with E-state index in [4.69, 9.17) is 4.74 Å². The predicted octanol–water partition coefficient (Wildman–Crippen LogP) is 1.96. The first-order valence-corrected chi connectivity index (χ1v) is 7.78. The molecule has 1 aromatic heterocycles. The summed E-state index contributed by atoms with van der Waals surface area (Å²) in [6.45, 7) is 0.924. The maximum absolute atomic E-state index is 12.4. The third-order valence-corrected chi connectivity index (χ3v) is 3.96. The summed E-state index contributed by atoms with van der Waals surface area (Å²) in [7, 11) is 3.81. The van der Waals surface area contributed by atoms with Gasteiger partial charge in [0.2, 0.25) is 0 Å². The minimum Gasteiger partial charge on any atom is -0.487 e. The zero-order chi connectivity index (χ0) is 18.0. The third-order valence-electron chi connectivity index (χ3n) is 3.96. The van der Waals surface area contributed by atoms with Gasteiger partial charge in [-0.3, -0.25) is 19.9 Å². The Morgan fingerprint density at radius 3 is 2.56 bits per heavy atom. The number of pyridine rings is 1. The van der Waals surface area contributed by atoms with Gasteiger partial charge >= 0.3 is 0 Å². The van der Waals surface area contributed by atoms with Crippen LogP contribution in [-0.2, 0) is 0 Å². The molecule has 0 aliphatic carbocycles. The van der Waals surface area contributed by atoms with Crippen molar-refractivity contribution in [3.63, 3.8) is 0 Å². The van der Waals surface area contributed by atoms with Gasteiger partial charge in [0.25, 0.3) is 11.6 Å². The number of nitro benzene ring substituents is 1. The highest BCUT2D eigenvalue weighted by Gasteiger charge is 2.33. The van der Waals surface area contributed by atoms with E-state index in [2.05, 4.69) is 4.98 Å². The molecule has 3 rings (SSSR count). The van der Waals surface area contributed by atoms with Gasteiger partial charge in [-0.15, -0.1) is 0 Å². The maximum atomic E-state index is 12.4. The number of amides is 1. The lowest BCUT2D eigenvalue weighted by Gasteiger charge is -2.38. The fourth-order valence-corrected chi connectivity index (χ4v) is 2.49. The molecule has 1 amide bonds. The number of aromatic nitrogens is 1. The monoisotopic (exact) mass is 342 g/mol. The van der Waals surface area contributed by atoms with Gasteiger partial charge in [-0.1, -0.05) is 0 Å². The highest BCUT2D eigenvalue weighted by molar-refractivity contribution is 5.93. The largest absolute Gasteiger partial charge is 0.487 e. The molecule has 8 nitrogen and oxygen atoms in total. The molecule has 1 aromatic carbocycles. The number of nitro groups is 1. The molecule has 1 saturated heterocycles. The van der Waals surface area contributed by atoms with Crippen molar-refractivity contribution in [3.8, 4) is 5.75 Å². The molecule has 2 aromatic rings. The average Bonchev–Trinajstić information content (AvgIpc) is 2.57. The molecule has 0 atom stereocenters. The topological polar surface area (TPSA) is 88.8 Å². The first-order chi connectivity index (χ1) is 11.9. The minimum absolute atomic E-state index is 0.0182. The molecule has 130 valence electrons. The van der Waals surface area contributed by atoms with Gasteiger partial charge in [0.15, 0.2) is 0 Å². The second-order valence-electron chi connectivity index (χ2n) is 5.99. The molecular weight excluding hydrogens is 324 g/mol. The van der Waals surface area contributed by atoms with Crippen molar-refractivity contribution in [2.75, 3.05) is 32.1 Å². The molecule has 0 N–H and O–H groups in total. The van der Waals surface area contributed by atoms with Crippen molar-refractivity contribution < 1.29 is 14.5 Å². The van der Waals surface area contributed by atoms with Crippen LogP contribution in [0.25, 0.3) is 0 Å². The van der Waals surface area contributed by atoms with Gasteiger partial charge < -0.3 is 14.5 Å². The summed E-state index contributed by atoms with van der Waals surface area (Å²) in [5.41, 5.74) is 1.34. The molecule has 1 fully saturated rings. The van der Waals surface area contributed by atoms with Crippen LogP contribution in [-0.4, -0.2) is 54.0 Å². The highest BCUT2D eigenvalue weighted by atomic mass is 16.6. The Balaban J connectivity index is 1.56. The molecule has 0 unspecified atom stereocenters. The van der Waals surface area contributed by atoms with E-state index >= 15 is 0 Å². The van der Waals surface area contributed by atoms with Crippen LogP contribution in [0.15, 0.2) is 42.6 Å². The van der Waals surface area contributed by atoms with E-state index in [1.807, 2.05) is 25.1 Å². The molecule has 0 bridgehead atoms. The zero-order valence-electron chi connectivity index (χ0n) is 14.0. The van der Waals surface area contributed by atoms with Crippen LogP contribution in [0.5, 0.6) is 5.75 Å². The Kier molecular flexibility index (Phi) is 4.51. The third kappa shape index (κ3) is 3.68. The highest BCUT2D eigenvalue weighted by Crippen LogP contribution is 2.22. The average molecular weight is 342 g/mol. The van der Waals surface area contributed by atoms with Gasteiger partial charge in [-0.05, 0) is 24.3 Å². The summed E-state index contributed by atoms with van der Waals surface area (Å²) < 4.78 is 5.72. The predicted molar refractivity (Wildman–Crippen MR) is 92.0 cm³/mol. The van der Waals surface area contributed by atoms with Crippen LogP contribution < -0.4 is 9.64 Å². The fraction of sp³-hybridized carbons (Fsp3) is 0.294. The number of nitrogens with zero attached hydrogens (tertiary/aromatic N) is 4. The Morgan fingerprint density at radius 1 is 1.28 bits per heavy atom. The first kappa shape index (κ1) is 16.7. The van der Waals surface area contributed by atoms with Gasteiger partial charge in [-0.25, -0.2) is 0 Å². The van der Waals surface area contributed by atoms with E-state index < -0.39 is 4.92 Å². The van der Waals surface area contributed by atoms with Gasteiger partial charge in [0.1, 0.15) is 17.5 Å². The second kappa shape index (κ2) is 6.76. The lowest BCUT2D eigenvalue weighted by Crippen LogP contribution is -2.56. The summed E-state index contributed by atoms with van der Waals surface area (Å²) in [5.74, 6) is 0.419. The van der Waals surface area contributed by atoms with Crippen LogP contribution in [0.2, 0.25) is 0 Å². The van der Waals surface area contributed by atoms with Crippen molar-refractivity contribution in [1.29, 1.82) is 0 Å². The Bertz CT molecular complexity index is 785. The molecule has 25 heavy (non-hydrogen) atoms. The maximum Gasteiger partial charge on any atom is 0.272 e. The van der Waals surface area contributed by atoms with E-state index in [0.717, 1.165) is 5.69 Å². The fourth-order valence-electron chi connectivity index (χ4n) is 2.49. The first-order valence-electron chi connectivity index (χ1n) is 7.78. The number of likely N-dealkylation sites (tertiary alicyclic amines) is 1. The molecular formula is C17H18N4O4. The van der Waals surface area contributed by atoms with Crippen LogP contribution in [0, 0.1) is 10.1 Å². The quantitative estimate of drug-likeness (QED) is 0.609. The molecule has 1 aliphatic heterocycles.